The van der Waals surface area contributed by atoms with Gasteiger partial charge < -0.3 is 0 Å². The van der Waals surface area contributed by atoms with Crippen LogP contribution in [0.4, 0.5) is 0 Å². The second kappa shape index (κ2) is 2.12. The summed E-state index contributed by atoms with van der Waals surface area (Å²) >= 11 is 0. The third kappa shape index (κ3) is 0.942. The van der Waals surface area contributed by atoms with Gasteiger partial charge >= 0.3 is 0 Å². The topological polar surface area (TPSA) is 0 Å². The Morgan fingerprint density at radius 3 is 2.30 bits per heavy atom. The van der Waals surface area contributed by atoms with Crippen molar-refractivity contribution >= 4 is 0 Å². The van der Waals surface area contributed by atoms with Gasteiger partial charge in [-0.25, -0.2) is 0 Å². The van der Waals surface area contributed by atoms with Gasteiger partial charge in [-0.05, 0) is 23.8 Å². The molecule has 0 spiro atoms. The average molecular weight is 132 g/mol. The molecule has 0 heteroatoms. The van der Waals surface area contributed by atoms with Crippen molar-refractivity contribution in [1.29, 1.82) is 0 Å². The van der Waals surface area contributed by atoms with Gasteiger partial charge in [-0.1, -0.05) is 37.3 Å². The molecule has 0 nitrogen and oxygen atoms in total. The van der Waals surface area contributed by atoms with E-state index in [-0.39, 0.29) is 0 Å². The van der Waals surface area contributed by atoms with Gasteiger partial charge in [0, 0.05) is 0 Å². The SMILES string of the molecule is C[C@@H]1CC1c1ccccc1. The van der Waals surface area contributed by atoms with Crippen molar-refractivity contribution in [2.24, 2.45) is 5.92 Å². The van der Waals surface area contributed by atoms with Crippen LogP contribution in [0.5, 0.6) is 0 Å². The first-order valence-electron chi connectivity index (χ1n) is 3.93. The van der Waals surface area contributed by atoms with Crippen LogP contribution in [0, 0.1) is 5.92 Å². The lowest BCUT2D eigenvalue weighted by atomic mass is 10.1. The van der Waals surface area contributed by atoms with Crippen LogP contribution in [0.25, 0.3) is 0 Å². The molecule has 52 valence electrons. The van der Waals surface area contributed by atoms with Crippen molar-refractivity contribution in [3.63, 3.8) is 0 Å². The number of rotatable bonds is 1. The Labute approximate surface area is 61.9 Å². The summed E-state index contributed by atoms with van der Waals surface area (Å²) in [4.78, 5) is 0. The van der Waals surface area contributed by atoms with E-state index in [1.807, 2.05) is 0 Å². The van der Waals surface area contributed by atoms with Crippen molar-refractivity contribution in [3.05, 3.63) is 35.9 Å². The Kier molecular flexibility index (Phi) is 1.26. The number of hydrogen-bond donors (Lipinski definition) is 0. The Bertz CT molecular complexity index is 213. The lowest BCUT2D eigenvalue weighted by Crippen LogP contribution is -1.77. The van der Waals surface area contributed by atoms with Crippen molar-refractivity contribution < 1.29 is 0 Å². The first-order valence-corrected chi connectivity index (χ1v) is 3.93. The van der Waals surface area contributed by atoms with E-state index in [4.69, 9.17) is 0 Å². The third-order valence-corrected chi connectivity index (χ3v) is 2.34. The lowest BCUT2D eigenvalue weighted by molar-refractivity contribution is 0.915. The van der Waals surface area contributed by atoms with E-state index in [0.29, 0.717) is 0 Å². The number of benzene rings is 1. The molecule has 1 aromatic carbocycles. The van der Waals surface area contributed by atoms with Gasteiger partial charge in [-0.2, -0.15) is 0 Å². The molecule has 1 aliphatic rings. The summed E-state index contributed by atoms with van der Waals surface area (Å²) in [7, 11) is 0. The molecule has 1 aliphatic carbocycles. The molecule has 0 radical (unpaired) electrons. The van der Waals surface area contributed by atoms with Crippen molar-refractivity contribution in [3.8, 4) is 0 Å². The van der Waals surface area contributed by atoms with Crippen LogP contribution < -0.4 is 0 Å². The largest absolute Gasteiger partial charge is 0.0622 e. The molecule has 0 saturated heterocycles. The molecular weight excluding hydrogens is 120 g/mol. The Balaban J connectivity index is 2.20. The first kappa shape index (κ1) is 5.96. The Morgan fingerprint density at radius 2 is 1.80 bits per heavy atom. The molecule has 2 atom stereocenters. The van der Waals surface area contributed by atoms with Gasteiger partial charge in [0.25, 0.3) is 0 Å². The molecule has 1 unspecified atom stereocenters. The van der Waals surface area contributed by atoms with Gasteiger partial charge in [0.05, 0.1) is 0 Å². The minimum absolute atomic E-state index is 0.876. The summed E-state index contributed by atoms with van der Waals surface area (Å²) in [6.07, 6.45) is 1.39. The molecular formula is C10H12. The molecule has 2 rings (SSSR count). The quantitative estimate of drug-likeness (QED) is 0.551. The highest BCUT2D eigenvalue weighted by atomic mass is 14.4. The van der Waals surface area contributed by atoms with Crippen LogP contribution in [0.2, 0.25) is 0 Å². The van der Waals surface area contributed by atoms with E-state index in [1.165, 1.54) is 12.0 Å². The smallest absolute Gasteiger partial charge is 0.0133 e. The zero-order chi connectivity index (χ0) is 6.97. The summed E-state index contributed by atoms with van der Waals surface area (Å²) in [6.45, 7) is 2.32. The highest BCUT2D eigenvalue weighted by Crippen LogP contribution is 2.46. The molecule has 1 fully saturated rings. The Hall–Kier alpha value is -0.780. The van der Waals surface area contributed by atoms with Gasteiger partial charge in [0.15, 0.2) is 0 Å². The maximum Gasteiger partial charge on any atom is -0.0133 e. The fraction of sp³-hybridized carbons (Fsp3) is 0.400. The average Bonchev–Trinajstić information content (AvgIpc) is 2.69. The first-order chi connectivity index (χ1) is 4.88. The van der Waals surface area contributed by atoms with Crippen LogP contribution in [-0.2, 0) is 0 Å². The van der Waals surface area contributed by atoms with Crippen LogP contribution in [0.3, 0.4) is 0 Å². The molecule has 0 amide bonds. The zero-order valence-corrected chi connectivity index (χ0v) is 6.25. The van der Waals surface area contributed by atoms with Crippen LogP contribution in [0.1, 0.15) is 24.8 Å². The van der Waals surface area contributed by atoms with Crippen molar-refractivity contribution in [2.75, 3.05) is 0 Å². The highest BCUT2D eigenvalue weighted by Gasteiger charge is 2.33. The van der Waals surface area contributed by atoms with Crippen LogP contribution >= 0.6 is 0 Å². The minimum atomic E-state index is 0.876. The summed E-state index contributed by atoms with van der Waals surface area (Å²) < 4.78 is 0. The van der Waals surface area contributed by atoms with Gasteiger partial charge in [0.1, 0.15) is 0 Å². The molecule has 10 heavy (non-hydrogen) atoms. The van der Waals surface area contributed by atoms with Crippen molar-refractivity contribution in [1.82, 2.24) is 0 Å². The zero-order valence-electron chi connectivity index (χ0n) is 6.25. The van der Waals surface area contributed by atoms with E-state index >= 15 is 0 Å². The predicted octanol–water partition coefficient (Wildman–Crippen LogP) is 2.81. The van der Waals surface area contributed by atoms with E-state index in [2.05, 4.69) is 37.3 Å². The molecule has 1 saturated carbocycles. The minimum Gasteiger partial charge on any atom is -0.0622 e. The van der Waals surface area contributed by atoms with Gasteiger partial charge in [0.2, 0.25) is 0 Å². The molecule has 0 N–H and O–H groups in total. The summed E-state index contributed by atoms with van der Waals surface area (Å²) in [5.74, 6) is 1.81. The summed E-state index contributed by atoms with van der Waals surface area (Å²) in [6, 6.07) is 10.8. The fourth-order valence-electron chi connectivity index (χ4n) is 1.49. The fourth-order valence-corrected chi connectivity index (χ4v) is 1.49. The monoisotopic (exact) mass is 132 g/mol. The normalized spacial score (nSPS) is 30.1. The summed E-state index contributed by atoms with van der Waals surface area (Å²) in [5.41, 5.74) is 1.52. The third-order valence-electron chi connectivity index (χ3n) is 2.34. The molecule has 0 aliphatic heterocycles. The second-order valence-corrected chi connectivity index (χ2v) is 3.23. The predicted molar refractivity (Wildman–Crippen MR) is 43.0 cm³/mol. The number of hydrogen-bond acceptors (Lipinski definition) is 0. The standard InChI is InChI=1S/C10H12/c1-8-7-10(8)9-5-3-2-4-6-9/h2-6,8,10H,7H2,1H3/t8-,10?/m1/s1. The summed E-state index contributed by atoms with van der Waals surface area (Å²) in [5, 5.41) is 0. The van der Waals surface area contributed by atoms with E-state index in [0.717, 1.165) is 11.8 Å². The van der Waals surface area contributed by atoms with Gasteiger partial charge in [-0.3, -0.25) is 0 Å². The molecule has 0 bridgehead atoms. The van der Waals surface area contributed by atoms with E-state index < -0.39 is 0 Å². The molecule has 0 aromatic heterocycles. The van der Waals surface area contributed by atoms with Crippen molar-refractivity contribution in [2.45, 2.75) is 19.3 Å². The maximum absolute atomic E-state index is 2.32. The van der Waals surface area contributed by atoms with E-state index in [1.54, 1.807) is 0 Å². The maximum atomic E-state index is 2.32. The highest BCUT2D eigenvalue weighted by molar-refractivity contribution is 5.24. The second-order valence-electron chi connectivity index (χ2n) is 3.23. The molecule has 1 aromatic rings. The van der Waals surface area contributed by atoms with Gasteiger partial charge in [-0.15, -0.1) is 0 Å². The van der Waals surface area contributed by atoms with E-state index in [9.17, 15) is 0 Å². The lowest BCUT2D eigenvalue weighted by Gasteiger charge is -1.94. The van der Waals surface area contributed by atoms with Crippen LogP contribution in [-0.4, -0.2) is 0 Å². The Morgan fingerprint density at radius 1 is 1.20 bits per heavy atom. The van der Waals surface area contributed by atoms with Crippen LogP contribution in [0.15, 0.2) is 30.3 Å². The molecule has 0 heterocycles.